The Morgan fingerprint density at radius 2 is 1.68 bits per heavy atom. The van der Waals surface area contributed by atoms with Crippen molar-refractivity contribution in [3.05, 3.63) is 95.6 Å². The molecule has 0 radical (unpaired) electrons. The summed E-state index contributed by atoms with van der Waals surface area (Å²) in [4.78, 5) is 24.5. The Labute approximate surface area is 198 Å². The fraction of sp³-hybridized carbons (Fsp3) is 0.154. The van der Waals surface area contributed by atoms with Gasteiger partial charge in [0.2, 0.25) is 5.78 Å². The fourth-order valence-corrected chi connectivity index (χ4v) is 5.24. The zero-order valence-electron chi connectivity index (χ0n) is 18.5. The minimum atomic E-state index is -3.68. The first kappa shape index (κ1) is 23.3. The van der Waals surface area contributed by atoms with Crippen LogP contribution < -0.4 is 9.04 Å². The van der Waals surface area contributed by atoms with Gasteiger partial charge in [-0.1, -0.05) is 42.5 Å². The van der Waals surface area contributed by atoms with Gasteiger partial charge in [0.15, 0.2) is 6.61 Å². The van der Waals surface area contributed by atoms with Crippen LogP contribution in [0.4, 0.5) is 5.69 Å². The summed E-state index contributed by atoms with van der Waals surface area (Å²) in [5.74, 6) is -0.655. The lowest BCUT2D eigenvalue weighted by Gasteiger charge is -2.19. The van der Waals surface area contributed by atoms with Crippen molar-refractivity contribution in [3.63, 3.8) is 0 Å². The maximum atomic E-state index is 13.1. The molecule has 8 heteroatoms. The van der Waals surface area contributed by atoms with Crippen LogP contribution in [0.1, 0.15) is 21.5 Å². The molecule has 0 N–H and O–H groups in total. The van der Waals surface area contributed by atoms with E-state index in [9.17, 15) is 18.0 Å². The average Bonchev–Trinajstić information content (AvgIpc) is 3.31. The second kappa shape index (κ2) is 9.93. The molecule has 0 fully saturated rings. The highest BCUT2D eigenvalue weighted by Crippen LogP contribution is 2.32. The van der Waals surface area contributed by atoms with Crippen LogP contribution in [0, 0.1) is 0 Å². The number of carbonyl (C=O) groups excluding carboxylic acids is 2. The van der Waals surface area contributed by atoms with Gasteiger partial charge < -0.3 is 9.47 Å². The Kier molecular flexibility index (Phi) is 6.79. The molecule has 1 heterocycles. The Balaban J connectivity index is 1.37. The molecule has 0 unspecified atom stereocenters. The summed E-state index contributed by atoms with van der Waals surface area (Å²) in [6.45, 7) is -0.0131. The molecule has 1 aliphatic heterocycles. The number of hydrogen-bond acceptors (Lipinski definition) is 6. The Bertz CT molecular complexity index is 1350. The predicted octanol–water partition coefficient (Wildman–Crippen LogP) is 3.89. The van der Waals surface area contributed by atoms with Gasteiger partial charge in [0.1, 0.15) is 5.75 Å². The second-order valence-electron chi connectivity index (χ2n) is 7.59. The number of methoxy groups -OCH3 is 1. The van der Waals surface area contributed by atoms with Crippen LogP contribution in [0.25, 0.3) is 6.08 Å². The van der Waals surface area contributed by atoms with Crippen molar-refractivity contribution in [1.29, 1.82) is 0 Å². The first-order valence-corrected chi connectivity index (χ1v) is 12.1. The third kappa shape index (κ3) is 4.87. The summed E-state index contributed by atoms with van der Waals surface area (Å²) in [5.41, 5.74) is 2.66. The van der Waals surface area contributed by atoms with Crippen LogP contribution in [0.3, 0.4) is 0 Å². The van der Waals surface area contributed by atoms with Crippen molar-refractivity contribution in [2.24, 2.45) is 0 Å². The SMILES string of the molecule is COc1ccccc1C(=O)COC(=O)/C=C/c1ccc(S(=O)(=O)N2CCc3ccccc32)cc1. The van der Waals surface area contributed by atoms with Gasteiger partial charge in [-0.05, 0) is 54.0 Å². The number of benzene rings is 3. The first-order valence-electron chi connectivity index (χ1n) is 10.6. The van der Waals surface area contributed by atoms with E-state index in [-0.39, 0.29) is 10.7 Å². The molecule has 3 aromatic rings. The van der Waals surface area contributed by atoms with Crippen molar-refractivity contribution in [3.8, 4) is 5.75 Å². The maximum absolute atomic E-state index is 13.1. The van der Waals surface area contributed by atoms with Gasteiger partial charge in [-0.25, -0.2) is 13.2 Å². The standard InChI is InChI=1S/C26H23NO6S/c1-32-25-9-5-3-7-22(25)24(28)18-33-26(29)15-12-19-10-13-21(14-11-19)34(30,31)27-17-16-20-6-2-4-8-23(20)27/h2-15H,16-18H2,1H3/b15-12+. The summed E-state index contributed by atoms with van der Waals surface area (Å²) in [5, 5.41) is 0. The molecule has 0 bridgehead atoms. The van der Waals surface area contributed by atoms with Crippen molar-refractivity contribution in [2.75, 3.05) is 24.6 Å². The molecule has 0 saturated carbocycles. The number of rotatable bonds is 8. The third-order valence-corrected chi connectivity index (χ3v) is 7.30. The Hall–Kier alpha value is -3.91. The van der Waals surface area contributed by atoms with Gasteiger partial charge >= 0.3 is 5.97 Å². The molecule has 3 aromatic carbocycles. The number of sulfonamides is 1. The number of fused-ring (bicyclic) bond motifs is 1. The molecular formula is C26H23NO6S. The van der Waals surface area contributed by atoms with Crippen LogP contribution in [-0.2, 0) is 26.0 Å². The lowest BCUT2D eigenvalue weighted by atomic mass is 10.1. The van der Waals surface area contributed by atoms with E-state index < -0.39 is 22.6 Å². The zero-order valence-corrected chi connectivity index (χ0v) is 19.3. The lowest BCUT2D eigenvalue weighted by Crippen LogP contribution is -2.29. The van der Waals surface area contributed by atoms with E-state index >= 15 is 0 Å². The average molecular weight is 478 g/mol. The third-order valence-electron chi connectivity index (χ3n) is 5.48. The highest BCUT2D eigenvalue weighted by atomic mass is 32.2. The minimum Gasteiger partial charge on any atom is -0.496 e. The minimum absolute atomic E-state index is 0.173. The second-order valence-corrected chi connectivity index (χ2v) is 9.45. The summed E-state index contributed by atoms with van der Waals surface area (Å²) >= 11 is 0. The normalized spacial score (nSPS) is 13.0. The number of ether oxygens (including phenoxy) is 2. The molecule has 0 spiro atoms. The largest absolute Gasteiger partial charge is 0.496 e. The van der Waals surface area contributed by atoms with E-state index in [4.69, 9.17) is 9.47 Å². The van der Waals surface area contributed by atoms with E-state index in [1.807, 2.05) is 18.2 Å². The molecule has 34 heavy (non-hydrogen) atoms. The van der Waals surface area contributed by atoms with Crippen molar-refractivity contribution >= 4 is 33.5 Å². The molecule has 0 atom stereocenters. The molecule has 0 amide bonds. The van der Waals surface area contributed by atoms with Gasteiger partial charge in [-0.3, -0.25) is 9.10 Å². The van der Waals surface area contributed by atoms with Crippen LogP contribution in [0.15, 0.2) is 83.8 Å². The molecule has 0 saturated heterocycles. The number of nitrogens with zero attached hydrogens (tertiary/aromatic N) is 1. The number of esters is 1. The van der Waals surface area contributed by atoms with Crippen molar-refractivity contribution in [2.45, 2.75) is 11.3 Å². The summed E-state index contributed by atoms with van der Waals surface area (Å²) in [6.07, 6.45) is 3.37. The smallest absolute Gasteiger partial charge is 0.331 e. The van der Waals surface area contributed by atoms with E-state index in [0.29, 0.717) is 35.5 Å². The number of Topliss-reactive ketones (excluding diaryl/α,β-unsaturated/α-hetero) is 1. The van der Waals surface area contributed by atoms with Gasteiger partial charge in [-0.15, -0.1) is 0 Å². The first-order chi connectivity index (χ1) is 16.4. The van der Waals surface area contributed by atoms with Gasteiger partial charge in [-0.2, -0.15) is 0 Å². The highest BCUT2D eigenvalue weighted by molar-refractivity contribution is 7.92. The number of para-hydroxylation sites is 2. The fourth-order valence-electron chi connectivity index (χ4n) is 3.74. The monoisotopic (exact) mass is 477 g/mol. The molecule has 0 aromatic heterocycles. The maximum Gasteiger partial charge on any atom is 0.331 e. The molecule has 7 nitrogen and oxygen atoms in total. The summed E-state index contributed by atoms with van der Waals surface area (Å²) < 4.78 is 37.7. The lowest BCUT2D eigenvalue weighted by molar-refractivity contribution is -0.136. The van der Waals surface area contributed by atoms with E-state index in [2.05, 4.69) is 0 Å². The molecule has 1 aliphatic rings. The van der Waals surface area contributed by atoms with Gasteiger partial charge in [0, 0.05) is 12.6 Å². The van der Waals surface area contributed by atoms with Crippen LogP contribution in [0.2, 0.25) is 0 Å². The Morgan fingerprint density at radius 3 is 2.44 bits per heavy atom. The van der Waals surface area contributed by atoms with Crippen LogP contribution >= 0.6 is 0 Å². The quantitative estimate of drug-likeness (QED) is 0.278. The van der Waals surface area contributed by atoms with Crippen molar-refractivity contribution < 1.29 is 27.5 Å². The number of ketones is 1. The molecule has 0 aliphatic carbocycles. The van der Waals surface area contributed by atoms with E-state index in [1.165, 1.54) is 35.7 Å². The molecular weight excluding hydrogens is 454 g/mol. The van der Waals surface area contributed by atoms with Crippen LogP contribution in [0.5, 0.6) is 5.75 Å². The van der Waals surface area contributed by atoms with Gasteiger partial charge in [0.05, 0.1) is 23.3 Å². The molecule has 174 valence electrons. The van der Waals surface area contributed by atoms with E-state index in [1.54, 1.807) is 42.5 Å². The summed E-state index contributed by atoms with van der Waals surface area (Å²) in [7, 11) is -2.22. The Morgan fingerprint density at radius 1 is 0.971 bits per heavy atom. The zero-order chi connectivity index (χ0) is 24.1. The van der Waals surface area contributed by atoms with Crippen LogP contribution in [-0.4, -0.2) is 40.4 Å². The van der Waals surface area contributed by atoms with E-state index in [0.717, 1.165) is 5.56 Å². The van der Waals surface area contributed by atoms with Gasteiger partial charge in [0.25, 0.3) is 10.0 Å². The number of hydrogen-bond donors (Lipinski definition) is 0. The predicted molar refractivity (Wildman–Crippen MR) is 128 cm³/mol. The number of anilines is 1. The summed E-state index contributed by atoms with van der Waals surface area (Å²) in [6, 6.07) is 20.4. The van der Waals surface area contributed by atoms with Crippen molar-refractivity contribution in [1.82, 2.24) is 0 Å². The number of carbonyl (C=O) groups is 2. The topological polar surface area (TPSA) is 90.0 Å². The highest BCUT2D eigenvalue weighted by Gasteiger charge is 2.30. The molecule has 4 rings (SSSR count).